The van der Waals surface area contributed by atoms with E-state index in [4.69, 9.17) is 9.15 Å². The molecule has 0 unspecified atom stereocenters. The van der Waals surface area contributed by atoms with Gasteiger partial charge in [0, 0.05) is 11.8 Å². The maximum atomic E-state index is 13.9. The third-order valence-corrected chi connectivity index (χ3v) is 6.93. The molecular formula is C31H32N2O4. The third kappa shape index (κ3) is 4.76. The fraction of sp³-hybridized carbons (Fsp3) is 0.323. The van der Waals surface area contributed by atoms with Crippen LogP contribution in [-0.4, -0.2) is 16.7 Å². The molecule has 0 radical (unpaired) electrons. The largest absolute Gasteiger partial charge is 0.453 e. The Bertz CT molecular complexity index is 1500. The summed E-state index contributed by atoms with van der Waals surface area (Å²) in [4.78, 5) is 30.8. The highest BCUT2D eigenvalue weighted by atomic mass is 16.6. The minimum absolute atomic E-state index is 0.0878. The van der Waals surface area contributed by atoms with Gasteiger partial charge in [-0.05, 0) is 63.6 Å². The molecule has 1 fully saturated rings. The second-order valence-corrected chi connectivity index (χ2v) is 10.6. The van der Waals surface area contributed by atoms with Crippen molar-refractivity contribution in [3.05, 3.63) is 88.3 Å². The number of ether oxygens (including phenoxy) is 1. The van der Waals surface area contributed by atoms with Gasteiger partial charge in [-0.15, -0.1) is 0 Å². The van der Waals surface area contributed by atoms with Crippen LogP contribution in [0.3, 0.4) is 0 Å². The molecule has 1 aliphatic carbocycles. The minimum Gasteiger partial charge on any atom is -0.453 e. The number of nitrogens with one attached hydrogen (secondary N) is 1. The summed E-state index contributed by atoms with van der Waals surface area (Å²) in [6, 6.07) is 19.3. The average Bonchev–Trinajstić information content (AvgIpc) is 2.85. The Kier molecular flexibility index (Phi) is 6.36. The van der Waals surface area contributed by atoms with Gasteiger partial charge in [-0.3, -0.25) is 9.78 Å². The molecule has 2 aromatic carbocycles. The zero-order valence-electron chi connectivity index (χ0n) is 21.8. The van der Waals surface area contributed by atoms with E-state index in [1.807, 2.05) is 82.3 Å². The van der Waals surface area contributed by atoms with Crippen molar-refractivity contribution in [1.82, 2.24) is 10.3 Å². The predicted molar refractivity (Wildman–Crippen MR) is 145 cm³/mol. The number of hydrogen-bond acceptors (Lipinski definition) is 5. The van der Waals surface area contributed by atoms with Crippen LogP contribution in [0.15, 0.2) is 76.1 Å². The van der Waals surface area contributed by atoms with Gasteiger partial charge < -0.3 is 14.5 Å². The van der Waals surface area contributed by atoms with Crippen molar-refractivity contribution in [3.63, 3.8) is 0 Å². The standard InChI is InChI=1S/C31H32N2O4/c1-5-24-28-23(16-19-32-24)26(34)25(27(36-28)21-10-7-6-8-11-21)20-12-14-22(15-13-20)31(17-9-18-31)33-29(35)37-30(2,3)4/h6-8,10-16,19H,5,9,17-18H2,1-4H3,(H,33,35). The maximum Gasteiger partial charge on any atom is 0.408 e. The normalized spacial score (nSPS) is 14.7. The summed E-state index contributed by atoms with van der Waals surface area (Å²) < 4.78 is 11.9. The topological polar surface area (TPSA) is 81.4 Å². The number of benzene rings is 2. The van der Waals surface area contributed by atoms with Crippen molar-refractivity contribution in [2.75, 3.05) is 0 Å². The molecule has 0 saturated heterocycles. The summed E-state index contributed by atoms with van der Waals surface area (Å²) in [5, 5.41) is 3.62. The van der Waals surface area contributed by atoms with E-state index in [1.54, 1.807) is 12.3 Å². The van der Waals surface area contributed by atoms with E-state index in [-0.39, 0.29) is 5.43 Å². The number of nitrogens with zero attached hydrogens (tertiary/aromatic N) is 1. The molecule has 1 amide bonds. The summed E-state index contributed by atoms with van der Waals surface area (Å²) in [6.07, 6.45) is 4.61. The van der Waals surface area contributed by atoms with Crippen molar-refractivity contribution < 1.29 is 13.9 Å². The van der Waals surface area contributed by atoms with Crippen LogP contribution >= 0.6 is 0 Å². The molecule has 2 heterocycles. The van der Waals surface area contributed by atoms with Gasteiger partial charge in [0.2, 0.25) is 5.43 Å². The molecule has 1 N–H and O–H groups in total. The van der Waals surface area contributed by atoms with Gasteiger partial charge in [0.05, 0.1) is 22.2 Å². The van der Waals surface area contributed by atoms with Crippen molar-refractivity contribution >= 4 is 17.1 Å². The number of aryl methyl sites for hydroxylation is 1. The summed E-state index contributed by atoms with van der Waals surface area (Å²) in [7, 11) is 0. The summed E-state index contributed by atoms with van der Waals surface area (Å²) in [6.45, 7) is 7.56. The lowest BCUT2D eigenvalue weighted by molar-refractivity contribution is 0.0377. The van der Waals surface area contributed by atoms with Gasteiger partial charge in [0.25, 0.3) is 0 Å². The van der Waals surface area contributed by atoms with E-state index in [0.717, 1.165) is 41.6 Å². The molecule has 0 atom stereocenters. The molecule has 37 heavy (non-hydrogen) atoms. The van der Waals surface area contributed by atoms with Crippen LogP contribution < -0.4 is 10.7 Å². The summed E-state index contributed by atoms with van der Waals surface area (Å²) >= 11 is 0. The highest BCUT2D eigenvalue weighted by molar-refractivity contribution is 5.90. The number of fused-ring (bicyclic) bond motifs is 1. The fourth-order valence-corrected chi connectivity index (χ4v) is 4.95. The lowest BCUT2D eigenvalue weighted by Gasteiger charge is -2.43. The maximum absolute atomic E-state index is 13.9. The molecule has 4 aromatic rings. The molecule has 1 aliphatic rings. The third-order valence-electron chi connectivity index (χ3n) is 6.93. The van der Waals surface area contributed by atoms with Crippen molar-refractivity contribution in [3.8, 4) is 22.5 Å². The van der Waals surface area contributed by atoms with E-state index in [0.29, 0.717) is 28.7 Å². The summed E-state index contributed by atoms with van der Waals surface area (Å²) in [5.41, 5.74) is 3.28. The molecule has 1 saturated carbocycles. The number of amides is 1. The van der Waals surface area contributed by atoms with Gasteiger partial charge in [-0.2, -0.15) is 0 Å². The van der Waals surface area contributed by atoms with Crippen molar-refractivity contribution in [1.29, 1.82) is 0 Å². The number of aromatic nitrogens is 1. The van der Waals surface area contributed by atoms with Gasteiger partial charge in [-0.25, -0.2) is 4.79 Å². The highest BCUT2D eigenvalue weighted by Crippen LogP contribution is 2.42. The zero-order valence-corrected chi connectivity index (χ0v) is 21.8. The van der Waals surface area contributed by atoms with Gasteiger partial charge >= 0.3 is 6.09 Å². The van der Waals surface area contributed by atoms with Crippen LogP contribution in [-0.2, 0) is 16.7 Å². The van der Waals surface area contributed by atoms with E-state index in [9.17, 15) is 9.59 Å². The lowest BCUT2D eigenvalue weighted by Crippen LogP contribution is -2.52. The van der Waals surface area contributed by atoms with Crippen LogP contribution in [0.2, 0.25) is 0 Å². The minimum atomic E-state index is -0.565. The van der Waals surface area contributed by atoms with Crippen LogP contribution in [0.4, 0.5) is 4.79 Å². The molecular weight excluding hydrogens is 464 g/mol. The average molecular weight is 497 g/mol. The molecule has 0 bridgehead atoms. The predicted octanol–water partition coefficient (Wildman–Crippen LogP) is 6.99. The molecule has 6 heteroatoms. The summed E-state index contributed by atoms with van der Waals surface area (Å²) in [5.74, 6) is 0.527. The molecule has 190 valence electrons. The first-order valence-corrected chi connectivity index (χ1v) is 12.8. The Morgan fingerprint density at radius 1 is 1.03 bits per heavy atom. The first-order valence-electron chi connectivity index (χ1n) is 12.8. The van der Waals surface area contributed by atoms with E-state index in [1.165, 1.54) is 0 Å². The van der Waals surface area contributed by atoms with Crippen LogP contribution in [0.1, 0.15) is 58.2 Å². The highest BCUT2D eigenvalue weighted by Gasteiger charge is 2.41. The van der Waals surface area contributed by atoms with E-state index >= 15 is 0 Å². The van der Waals surface area contributed by atoms with E-state index in [2.05, 4.69) is 10.3 Å². The lowest BCUT2D eigenvalue weighted by atomic mass is 9.71. The Morgan fingerprint density at radius 3 is 2.32 bits per heavy atom. The number of rotatable bonds is 5. The van der Waals surface area contributed by atoms with Crippen LogP contribution in [0.5, 0.6) is 0 Å². The van der Waals surface area contributed by atoms with Gasteiger partial charge in [-0.1, -0.05) is 61.5 Å². The molecule has 0 spiro atoms. The van der Waals surface area contributed by atoms with Crippen molar-refractivity contribution in [2.24, 2.45) is 0 Å². The first-order chi connectivity index (χ1) is 17.7. The van der Waals surface area contributed by atoms with Crippen LogP contribution in [0, 0.1) is 0 Å². The number of hydrogen-bond donors (Lipinski definition) is 1. The Hall–Kier alpha value is -3.93. The Balaban J connectivity index is 1.59. The second kappa shape index (κ2) is 9.51. The zero-order chi connectivity index (χ0) is 26.2. The number of alkyl carbamates (subject to hydrolysis) is 1. The monoisotopic (exact) mass is 496 g/mol. The van der Waals surface area contributed by atoms with E-state index < -0.39 is 17.2 Å². The fourth-order valence-electron chi connectivity index (χ4n) is 4.95. The smallest absolute Gasteiger partial charge is 0.408 e. The SMILES string of the molecule is CCc1nccc2c(=O)c(-c3ccc(C4(NC(=O)OC(C)(C)C)CCC4)cc3)c(-c3ccccc3)oc12. The molecule has 5 rings (SSSR count). The van der Waals surface area contributed by atoms with Crippen LogP contribution in [0.25, 0.3) is 33.4 Å². The Morgan fingerprint density at radius 2 is 1.73 bits per heavy atom. The van der Waals surface area contributed by atoms with Gasteiger partial charge in [0.1, 0.15) is 11.4 Å². The number of carbonyl (C=O) groups is 1. The molecule has 0 aliphatic heterocycles. The quantitative estimate of drug-likeness (QED) is 0.322. The van der Waals surface area contributed by atoms with Gasteiger partial charge in [0.15, 0.2) is 5.58 Å². The molecule has 2 aromatic heterocycles. The number of carbonyl (C=O) groups excluding carboxylic acids is 1. The molecule has 6 nitrogen and oxygen atoms in total. The Labute approximate surface area is 216 Å². The number of pyridine rings is 1. The van der Waals surface area contributed by atoms with Crippen molar-refractivity contribution in [2.45, 2.75) is 64.5 Å². The first kappa shape index (κ1) is 24.8. The second-order valence-electron chi connectivity index (χ2n) is 10.6.